The quantitative estimate of drug-likeness (QED) is 0.899. The van der Waals surface area contributed by atoms with E-state index in [9.17, 15) is 9.90 Å². The average molecular weight is 311 g/mol. The van der Waals surface area contributed by atoms with Crippen LogP contribution >= 0.6 is 11.6 Å². The Bertz CT molecular complexity index is 493. The number of anilines is 1. The highest BCUT2D eigenvalue weighted by atomic mass is 35.5. The Balaban J connectivity index is 1.97. The van der Waals surface area contributed by atoms with Crippen molar-refractivity contribution in [2.24, 2.45) is 5.92 Å². The van der Waals surface area contributed by atoms with Gasteiger partial charge in [0.2, 0.25) is 5.91 Å². The molecule has 0 spiro atoms. The number of hydrogen-bond acceptors (Lipinski definition) is 3. The number of carbonyl (C=O) groups is 1. The standard InChI is InChI=1S/C16H23ClN2O2/c1-11(19-9-5-6-13(10-19)12(2)20)16(21)18-15-8-4-3-7-14(15)17/h3-4,7-8,11-13,20H,5-6,9-10H2,1-2H3,(H,18,21). The Morgan fingerprint density at radius 2 is 2.14 bits per heavy atom. The Hall–Kier alpha value is -1.10. The molecule has 0 radical (unpaired) electrons. The van der Waals surface area contributed by atoms with Crippen molar-refractivity contribution in [2.75, 3.05) is 18.4 Å². The summed E-state index contributed by atoms with van der Waals surface area (Å²) in [6.45, 7) is 5.37. The number of rotatable bonds is 4. The third kappa shape index (κ3) is 4.19. The molecule has 1 saturated heterocycles. The number of halogens is 1. The first-order valence-corrected chi connectivity index (χ1v) is 7.84. The Kier molecular flexibility index (Phi) is 5.62. The first-order valence-electron chi connectivity index (χ1n) is 7.46. The Labute approximate surface area is 131 Å². The fraction of sp³-hybridized carbons (Fsp3) is 0.562. The predicted octanol–water partition coefficient (Wildman–Crippen LogP) is 2.76. The van der Waals surface area contributed by atoms with Gasteiger partial charge < -0.3 is 10.4 Å². The fourth-order valence-corrected chi connectivity index (χ4v) is 2.93. The number of nitrogens with zero attached hydrogens (tertiary/aromatic N) is 1. The molecule has 2 N–H and O–H groups in total. The number of piperidine rings is 1. The summed E-state index contributed by atoms with van der Waals surface area (Å²) in [6.07, 6.45) is 1.71. The van der Waals surface area contributed by atoms with Crippen LogP contribution in [-0.4, -0.2) is 41.1 Å². The minimum Gasteiger partial charge on any atom is -0.393 e. The number of nitrogens with one attached hydrogen (secondary N) is 1. The molecule has 0 aliphatic carbocycles. The molecule has 1 aromatic carbocycles. The van der Waals surface area contributed by atoms with E-state index in [1.807, 2.05) is 26.0 Å². The van der Waals surface area contributed by atoms with E-state index in [4.69, 9.17) is 11.6 Å². The number of aliphatic hydroxyl groups is 1. The monoisotopic (exact) mass is 310 g/mol. The molecule has 5 heteroatoms. The molecular weight excluding hydrogens is 288 g/mol. The van der Waals surface area contributed by atoms with Gasteiger partial charge in [0.15, 0.2) is 0 Å². The summed E-state index contributed by atoms with van der Waals surface area (Å²) in [5, 5.41) is 13.2. The summed E-state index contributed by atoms with van der Waals surface area (Å²) < 4.78 is 0. The lowest BCUT2D eigenvalue weighted by Crippen LogP contribution is -2.48. The molecule has 3 unspecified atom stereocenters. The largest absolute Gasteiger partial charge is 0.393 e. The maximum Gasteiger partial charge on any atom is 0.241 e. The second-order valence-corrected chi connectivity index (χ2v) is 6.19. The number of carbonyl (C=O) groups excluding carboxylic acids is 1. The van der Waals surface area contributed by atoms with Crippen LogP contribution in [0.25, 0.3) is 0 Å². The van der Waals surface area contributed by atoms with Crippen LogP contribution in [0.3, 0.4) is 0 Å². The molecule has 0 saturated carbocycles. The van der Waals surface area contributed by atoms with Crippen LogP contribution in [0.4, 0.5) is 5.69 Å². The van der Waals surface area contributed by atoms with E-state index in [1.54, 1.807) is 12.1 Å². The van der Waals surface area contributed by atoms with Gasteiger partial charge in [-0.05, 0) is 51.3 Å². The van der Waals surface area contributed by atoms with Crippen molar-refractivity contribution in [3.63, 3.8) is 0 Å². The molecule has 2 rings (SSSR count). The highest BCUT2D eigenvalue weighted by Crippen LogP contribution is 2.23. The highest BCUT2D eigenvalue weighted by molar-refractivity contribution is 6.33. The van der Waals surface area contributed by atoms with Crippen molar-refractivity contribution < 1.29 is 9.90 Å². The smallest absolute Gasteiger partial charge is 0.241 e. The lowest BCUT2D eigenvalue weighted by Gasteiger charge is -2.37. The van der Waals surface area contributed by atoms with Crippen molar-refractivity contribution in [1.82, 2.24) is 4.90 Å². The summed E-state index contributed by atoms with van der Waals surface area (Å²) >= 11 is 6.06. The molecule has 116 valence electrons. The number of amides is 1. The normalized spacial score (nSPS) is 22.6. The van der Waals surface area contributed by atoms with Crippen LogP contribution in [0.15, 0.2) is 24.3 Å². The third-order valence-corrected chi connectivity index (χ3v) is 4.56. The van der Waals surface area contributed by atoms with Crippen LogP contribution in [0.5, 0.6) is 0 Å². The van der Waals surface area contributed by atoms with Crippen molar-refractivity contribution in [2.45, 2.75) is 38.8 Å². The zero-order valence-electron chi connectivity index (χ0n) is 12.6. The molecule has 0 bridgehead atoms. The van der Waals surface area contributed by atoms with Crippen molar-refractivity contribution in [3.05, 3.63) is 29.3 Å². The molecule has 3 atom stereocenters. The maximum absolute atomic E-state index is 12.4. The van der Waals surface area contributed by atoms with Crippen LogP contribution in [0.1, 0.15) is 26.7 Å². The highest BCUT2D eigenvalue weighted by Gasteiger charge is 2.29. The van der Waals surface area contributed by atoms with Gasteiger partial charge in [-0.2, -0.15) is 0 Å². The summed E-state index contributed by atoms with van der Waals surface area (Å²) in [5.74, 6) is 0.184. The van der Waals surface area contributed by atoms with E-state index < -0.39 is 0 Å². The fourth-order valence-electron chi connectivity index (χ4n) is 2.75. The summed E-state index contributed by atoms with van der Waals surface area (Å²) in [5.41, 5.74) is 0.639. The first-order chi connectivity index (χ1) is 9.99. The van der Waals surface area contributed by atoms with Gasteiger partial charge in [0.1, 0.15) is 0 Å². The summed E-state index contributed by atoms with van der Waals surface area (Å²) in [4.78, 5) is 14.5. The van der Waals surface area contributed by atoms with Gasteiger partial charge in [-0.1, -0.05) is 23.7 Å². The van der Waals surface area contributed by atoms with Crippen LogP contribution in [-0.2, 0) is 4.79 Å². The number of hydrogen-bond donors (Lipinski definition) is 2. The van der Waals surface area contributed by atoms with Gasteiger partial charge in [-0.25, -0.2) is 0 Å². The molecule has 1 amide bonds. The Morgan fingerprint density at radius 3 is 2.81 bits per heavy atom. The van der Waals surface area contributed by atoms with Gasteiger partial charge in [0.05, 0.1) is 22.9 Å². The molecule has 21 heavy (non-hydrogen) atoms. The molecule has 1 aromatic rings. The molecule has 0 aromatic heterocycles. The number of benzene rings is 1. The average Bonchev–Trinajstić information content (AvgIpc) is 2.49. The number of para-hydroxylation sites is 1. The van der Waals surface area contributed by atoms with Gasteiger partial charge in [0, 0.05) is 6.54 Å². The van der Waals surface area contributed by atoms with E-state index in [-0.39, 0.29) is 24.0 Å². The molecule has 4 nitrogen and oxygen atoms in total. The van der Waals surface area contributed by atoms with Crippen molar-refractivity contribution in [3.8, 4) is 0 Å². The zero-order valence-corrected chi connectivity index (χ0v) is 13.3. The van der Waals surface area contributed by atoms with Crippen LogP contribution in [0.2, 0.25) is 5.02 Å². The second-order valence-electron chi connectivity index (χ2n) is 5.78. The third-order valence-electron chi connectivity index (χ3n) is 4.23. The minimum atomic E-state index is -0.327. The number of aliphatic hydroxyl groups excluding tert-OH is 1. The van der Waals surface area contributed by atoms with E-state index in [2.05, 4.69) is 10.2 Å². The predicted molar refractivity (Wildman–Crippen MR) is 85.5 cm³/mol. The number of likely N-dealkylation sites (tertiary alicyclic amines) is 1. The summed E-state index contributed by atoms with van der Waals surface area (Å²) in [6, 6.07) is 6.99. The van der Waals surface area contributed by atoms with E-state index >= 15 is 0 Å². The minimum absolute atomic E-state index is 0.0608. The Morgan fingerprint density at radius 1 is 1.43 bits per heavy atom. The van der Waals surface area contributed by atoms with E-state index in [0.717, 1.165) is 25.9 Å². The van der Waals surface area contributed by atoms with Crippen LogP contribution in [0, 0.1) is 5.92 Å². The van der Waals surface area contributed by atoms with Crippen LogP contribution < -0.4 is 5.32 Å². The van der Waals surface area contributed by atoms with E-state index in [0.29, 0.717) is 10.7 Å². The van der Waals surface area contributed by atoms with Gasteiger partial charge in [-0.3, -0.25) is 9.69 Å². The van der Waals surface area contributed by atoms with Gasteiger partial charge >= 0.3 is 0 Å². The SMILES string of the molecule is CC(O)C1CCCN(C(C)C(=O)Nc2ccccc2Cl)C1. The molecule has 1 fully saturated rings. The van der Waals surface area contributed by atoms with Crippen molar-refractivity contribution >= 4 is 23.2 Å². The lowest BCUT2D eigenvalue weighted by atomic mass is 9.92. The molecular formula is C16H23ClN2O2. The van der Waals surface area contributed by atoms with Gasteiger partial charge in [0.25, 0.3) is 0 Å². The first kappa shape index (κ1) is 16.3. The molecule has 1 heterocycles. The van der Waals surface area contributed by atoms with Gasteiger partial charge in [-0.15, -0.1) is 0 Å². The van der Waals surface area contributed by atoms with E-state index in [1.165, 1.54) is 0 Å². The molecule has 1 aliphatic rings. The zero-order chi connectivity index (χ0) is 15.4. The lowest BCUT2D eigenvalue weighted by molar-refractivity contribution is -0.121. The topological polar surface area (TPSA) is 52.6 Å². The summed E-state index contributed by atoms with van der Waals surface area (Å²) in [7, 11) is 0. The second kappa shape index (κ2) is 7.25. The van der Waals surface area contributed by atoms with Crippen molar-refractivity contribution in [1.29, 1.82) is 0 Å². The maximum atomic E-state index is 12.4. The molecule has 1 aliphatic heterocycles.